The SMILES string of the molecule is CCCC[C@H](CC)CNC(=O)c1ccc(CN(c2ccc(F)cc2)S(C)(=O)=O)cc1. The Balaban J connectivity index is 2.04. The molecule has 0 spiro atoms. The molecule has 2 aromatic carbocycles. The van der Waals surface area contributed by atoms with Crippen molar-refractivity contribution < 1.29 is 17.6 Å². The van der Waals surface area contributed by atoms with E-state index in [0.717, 1.165) is 37.5 Å². The molecule has 0 bridgehead atoms. The highest BCUT2D eigenvalue weighted by Crippen LogP contribution is 2.21. The smallest absolute Gasteiger partial charge is 0.251 e. The monoisotopic (exact) mass is 434 g/mol. The van der Waals surface area contributed by atoms with Gasteiger partial charge in [0, 0.05) is 12.1 Å². The predicted molar refractivity (Wildman–Crippen MR) is 120 cm³/mol. The van der Waals surface area contributed by atoms with E-state index >= 15 is 0 Å². The Bertz CT molecular complexity index is 912. The predicted octanol–water partition coefficient (Wildman–Crippen LogP) is 4.74. The fraction of sp³-hybridized carbons (Fsp3) is 0.435. The average Bonchev–Trinajstić information content (AvgIpc) is 2.72. The number of hydrogen-bond acceptors (Lipinski definition) is 3. The number of amides is 1. The van der Waals surface area contributed by atoms with Crippen molar-refractivity contribution in [2.45, 2.75) is 46.1 Å². The van der Waals surface area contributed by atoms with Gasteiger partial charge in [0.1, 0.15) is 5.82 Å². The van der Waals surface area contributed by atoms with Crippen LogP contribution in [0.3, 0.4) is 0 Å². The number of hydrogen-bond donors (Lipinski definition) is 1. The van der Waals surface area contributed by atoms with E-state index in [2.05, 4.69) is 19.2 Å². The highest BCUT2D eigenvalue weighted by molar-refractivity contribution is 7.92. The van der Waals surface area contributed by atoms with E-state index in [1.807, 2.05) is 0 Å². The Hall–Kier alpha value is -2.41. The Morgan fingerprint density at radius 1 is 1.07 bits per heavy atom. The molecule has 0 unspecified atom stereocenters. The molecule has 0 saturated heterocycles. The van der Waals surface area contributed by atoms with Crippen molar-refractivity contribution in [2.75, 3.05) is 17.1 Å². The van der Waals surface area contributed by atoms with Crippen molar-refractivity contribution in [1.29, 1.82) is 0 Å². The first kappa shape index (κ1) is 23.9. The first-order chi connectivity index (χ1) is 14.2. The van der Waals surface area contributed by atoms with E-state index in [9.17, 15) is 17.6 Å². The zero-order chi connectivity index (χ0) is 22.1. The van der Waals surface area contributed by atoms with Gasteiger partial charge in [0.05, 0.1) is 18.5 Å². The largest absolute Gasteiger partial charge is 0.352 e. The minimum absolute atomic E-state index is 0.0985. The van der Waals surface area contributed by atoms with Gasteiger partial charge in [-0.3, -0.25) is 9.10 Å². The molecule has 0 fully saturated rings. The molecule has 0 aliphatic heterocycles. The first-order valence-corrected chi connectivity index (χ1v) is 12.2. The molecule has 0 saturated carbocycles. The van der Waals surface area contributed by atoms with Crippen LogP contribution in [0.25, 0.3) is 0 Å². The van der Waals surface area contributed by atoms with Crippen LogP contribution in [-0.2, 0) is 16.6 Å². The topological polar surface area (TPSA) is 66.5 Å². The Morgan fingerprint density at radius 3 is 2.23 bits per heavy atom. The number of rotatable bonds is 11. The number of carbonyl (C=O) groups is 1. The van der Waals surface area contributed by atoms with Gasteiger partial charge in [-0.1, -0.05) is 45.2 Å². The quantitative estimate of drug-likeness (QED) is 0.556. The molecule has 164 valence electrons. The highest BCUT2D eigenvalue weighted by Gasteiger charge is 2.18. The molecule has 0 aliphatic rings. The van der Waals surface area contributed by atoms with Crippen molar-refractivity contribution in [3.8, 4) is 0 Å². The molecule has 0 aliphatic carbocycles. The lowest BCUT2D eigenvalue weighted by molar-refractivity contribution is 0.0946. The van der Waals surface area contributed by atoms with E-state index in [-0.39, 0.29) is 12.5 Å². The lowest BCUT2D eigenvalue weighted by Gasteiger charge is -2.22. The van der Waals surface area contributed by atoms with E-state index in [4.69, 9.17) is 0 Å². The summed E-state index contributed by atoms with van der Waals surface area (Å²) in [6, 6.07) is 12.2. The highest BCUT2D eigenvalue weighted by atomic mass is 32.2. The minimum atomic E-state index is -3.55. The van der Waals surface area contributed by atoms with Crippen LogP contribution in [0, 0.1) is 11.7 Å². The van der Waals surface area contributed by atoms with Crippen molar-refractivity contribution in [2.24, 2.45) is 5.92 Å². The van der Waals surface area contributed by atoms with E-state index in [1.54, 1.807) is 24.3 Å². The fourth-order valence-corrected chi connectivity index (χ4v) is 4.11. The number of anilines is 1. The van der Waals surface area contributed by atoms with Gasteiger partial charge in [0.15, 0.2) is 0 Å². The van der Waals surface area contributed by atoms with Gasteiger partial charge in [0.25, 0.3) is 5.91 Å². The van der Waals surface area contributed by atoms with Gasteiger partial charge in [-0.05, 0) is 54.3 Å². The standard InChI is InChI=1S/C23H31FN2O3S/c1-4-6-7-18(5-2)16-25-23(27)20-10-8-19(9-11-20)17-26(30(3,28)29)22-14-12-21(24)13-15-22/h8-15,18H,4-7,16-17H2,1-3H3,(H,25,27)/t18-/m0/s1. The van der Waals surface area contributed by atoms with Gasteiger partial charge in [0.2, 0.25) is 10.0 Å². The second kappa shape index (κ2) is 11.1. The van der Waals surface area contributed by atoms with Gasteiger partial charge in [-0.2, -0.15) is 0 Å². The molecule has 1 amide bonds. The van der Waals surface area contributed by atoms with Crippen LogP contribution in [0.4, 0.5) is 10.1 Å². The molecule has 5 nitrogen and oxygen atoms in total. The average molecular weight is 435 g/mol. The van der Waals surface area contributed by atoms with Crippen molar-refractivity contribution in [3.05, 3.63) is 65.5 Å². The molecule has 1 N–H and O–H groups in total. The third-order valence-electron chi connectivity index (χ3n) is 5.15. The third-order valence-corrected chi connectivity index (χ3v) is 6.29. The molecular formula is C23H31FN2O3S. The molecule has 1 atom stereocenters. The van der Waals surface area contributed by atoms with Crippen molar-refractivity contribution in [1.82, 2.24) is 5.32 Å². The molecule has 2 rings (SSSR count). The summed E-state index contributed by atoms with van der Waals surface area (Å²) in [5.41, 5.74) is 1.66. The summed E-state index contributed by atoms with van der Waals surface area (Å²) >= 11 is 0. The zero-order valence-corrected chi connectivity index (χ0v) is 18.7. The Morgan fingerprint density at radius 2 is 1.70 bits per heavy atom. The van der Waals surface area contributed by atoms with Gasteiger partial charge in [-0.15, -0.1) is 0 Å². The summed E-state index contributed by atoms with van der Waals surface area (Å²) in [6.07, 6.45) is 5.56. The number of carbonyl (C=O) groups excluding carboxylic acids is 1. The van der Waals surface area contributed by atoms with Crippen molar-refractivity contribution in [3.63, 3.8) is 0 Å². The van der Waals surface area contributed by atoms with E-state index in [1.165, 1.54) is 28.6 Å². The fourth-order valence-electron chi connectivity index (χ4n) is 3.22. The van der Waals surface area contributed by atoms with Crippen LogP contribution < -0.4 is 9.62 Å². The number of benzene rings is 2. The van der Waals surface area contributed by atoms with E-state index in [0.29, 0.717) is 23.7 Å². The molecule has 2 aromatic rings. The summed E-state index contributed by atoms with van der Waals surface area (Å²) in [5, 5.41) is 2.99. The van der Waals surface area contributed by atoms with Crippen LogP contribution in [0.1, 0.15) is 55.5 Å². The van der Waals surface area contributed by atoms with Crippen molar-refractivity contribution >= 4 is 21.6 Å². The number of halogens is 1. The summed E-state index contributed by atoms with van der Waals surface area (Å²) < 4.78 is 38.8. The zero-order valence-electron chi connectivity index (χ0n) is 17.9. The number of unbranched alkanes of at least 4 members (excludes halogenated alkanes) is 1. The first-order valence-electron chi connectivity index (χ1n) is 10.3. The summed E-state index contributed by atoms with van der Waals surface area (Å²) in [4.78, 5) is 12.4. The van der Waals surface area contributed by atoms with Crippen LogP contribution in [0.5, 0.6) is 0 Å². The maximum absolute atomic E-state index is 13.2. The second-order valence-electron chi connectivity index (χ2n) is 7.57. The normalized spacial score (nSPS) is 12.4. The maximum Gasteiger partial charge on any atom is 0.251 e. The molecule has 0 heterocycles. The summed E-state index contributed by atoms with van der Waals surface area (Å²) in [5.74, 6) is -0.0789. The van der Waals surface area contributed by atoms with Gasteiger partial charge in [-0.25, -0.2) is 12.8 Å². The lowest BCUT2D eigenvalue weighted by atomic mass is 9.99. The third kappa shape index (κ3) is 7.13. The molecule has 0 radical (unpaired) electrons. The van der Waals surface area contributed by atoms with Crippen LogP contribution in [0.2, 0.25) is 0 Å². The lowest BCUT2D eigenvalue weighted by Crippen LogP contribution is -2.30. The summed E-state index contributed by atoms with van der Waals surface area (Å²) in [7, 11) is -3.55. The number of nitrogens with zero attached hydrogens (tertiary/aromatic N) is 1. The molecule has 7 heteroatoms. The minimum Gasteiger partial charge on any atom is -0.352 e. The molecule has 0 aromatic heterocycles. The second-order valence-corrected chi connectivity index (χ2v) is 9.48. The Kier molecular flexibility index (Phi) is 8.84. The van der Waals surface area contributed by atoms with Crippen LogP contribution in [-0.4, -0.2) is 27.1 Å². The van der Waals surface area contributed by atoms with Crippen LogP contribution >= 0.6 is 0 Å². The molecular weight excluding hydrogens is 403 g/mol. The number of nitrogens with one attached hydrogen (secondary N) is 1. The maximum atomic E-state index is 13.2. The van der Waals surface area contributed by atoms with Crippen LogP contribution in [0.15, 0.2) is 48.5 Å². The van der Waals surface area contributed by atoms with Gasteiger partial charge >= 0.3 is 0 Å². The molecule has 30 heavy (non-hydrogen) atoms. The van der Waals surface area contributed by atoms with Gasteiger partial charge < -0.3 is 5.32 Å². The van der Waals surface area contributed by atoms with E-state index < -0.39 is 15.8 Å². The number of sulfonamides is 1. The Labute approximate surface area is 179 Å². The summed E-state index contributed by atoms with van der Waals surface area (Å²) in [6.45, 7) is 5.05.